The Morgan fingerprint density at radius 3 is 2.86 bits per heavy atom. The normalized spacial score (nSPS) is 19.8. The van der Waals surface area contributed by atoms with E-state index in [0.717, 1.165) is 5.56 Å². The molecule has 1 aromatic carbocycles. The topological polar surface area (TPSA) is 43.4 Å². The smallest absolute Gasteiger partial charge is 0.322 e. The molecule has 0 saturated heterocycles. The third kappa shape index (κ3) is 1.41. The Bertz CT molecular complexity index is 395. The second-order valence-electron chi connectivity index (χ2n) is 3.40. The third-order valence-corrected chi connectivity index (χ3v) is 2.38. The maximum atomic E-state index is 11.4. The number of Topliss-reactive ketones (excluding diaryl/α,β-unsaturated/α-hetero) is 1. The summed E-state index contributed by atoms with van der Waals surface area (Å²) in [6, 6.07) is 7.29. The summed E-state index contributed by atoms with van der Waals surface area (Å²) in [5, 5.41) is 0. The van der Waals surface area contributed by atoms with Crippen LogP contribution in [0.3, 0.4) is 0 Å². The van der Waals surface area contributed by atoms with E-state index < -0.39 is 11.9 Å². The van der Waals surface area contributed by atoms with Gasteiger partial charge >= 0.3 is 5.97 Å². The standard InChI is InChI=1S/C11H10O3/c1-7(12)9-6-8-4-2-3-5-10(8)14-11(9)13/h2-5,9H,6H2,1H3. The molecule has 14 heavy (non-hydrogen) atoms. The largest absolute Gasteiger partial charge is 0.426 e. The number of benzene rings is 1. The summed E-state index contributed by atoms with van der Waals surface area (Å²) in [5.41, 5.74) is 0.923. The van der Waals surface area contributed by atoms with E-state index in [1.54, 1.807) is 12.1 Å². The lowest BCUT2D eigenvalue weighted by Gasteiger charge is -2.20. The maximum absolute atomic E-state index is 11.4. The van der Waals surface area contributed by atoms with Crippen LogP contribution in [0.15, 0.2) is 24.3 Å². The number of carbonyl (C=O) groups is 2. The van der Waals surface area contributed by atoms with E-state index in [1.165, 1.54) is 6.92 Å². The van der Waals surface area contributed by atoms with Gasteiger partial charge in [0.2, 0.25) is 0 Å². The minimum atomic E-state index is -0.620. The van der Waals surface area contributed by atoms with E-state index >= 15 is 0 Å². The number of hydrogen-bond donors (Lipinski definition) is 0. The quantitative estimate of drug-likeness (QED) is 0.381. The highest BCUT2D eigenvalue weighted by Crippen LogP contribution is 2.27. The lowest BCUT2D eigenvalue weighted by molar-refractivity contribution is -0.144. The number of rotatable bonds is 1. The summed E-state index contributed by atoms with van der Waals surface area (Å²) in [6.45, 7) is 1.42. The van der Waals surface area contributed by atoms with Crippen molar-refractivity contribution in [3.05, 3.63) is 29.8 Å². The van der Waals surface area contributed by atoms with Gasteiger partial charge < -0.3 is 4.74 Å². The number of para-hydroxylation sites is 1. The Labute approximate surface area is 81.7 Å². The molecule has 0 radical (unpaired) electrons. The van der Waals surface area contributed by atoms with Crippen LogP contribution >= 0.6 is 0 Å². The molecule has 2 rings (SSSR count). The first-order chi connectivity index (χ1) is 6.68. The fraction of sp³-hybridized carbons (Fsp3) is 0.273. The molecular weight excluding hydrogens is 180 g/mol. The molecule has 1 atom stereocenters. The predicted octanol–water partition coefficient (Wildman–Crippen LogP) is 1.35. The first kappa shape index (κ1) is 8.94. The molecule has 1 aliphatic heterocycles. The number of hydrogen-bond acceptors (Lipinski definition) is 3. The van der Waals surface area contributed by atoms with E-state index in [-0.39, 0.29) is 5.78 Å². The Balaban J connectivity index is 2.36. The van der Waals surface area contributed by atoms with Crippen molar-refractivity contribution in [3.63, 3.8) is 0 Å². The summed E-state index contributed by atoms with van der Waals surface area (Å²) in [5.74, 6) is -0.611. The van der Waals surface area contributed by atoms with Crippen molar-refractivity contribution in [2.24, 2.45) is 5.92 Å². The average Bonchev–Trinajstić information content (AvgIpc) is 2.16. The molecule has 1 unspecified atom stereocenters. The highest BCUT2D eigenvalue weighted by molar-refractivity contribution is 5.99. The van der Waals surface area contributed by atoms with Crippen molar-refractivity contribution in [2.75, 3.05) is 0 Å². The monoisotopic (exact) mass is 190 g/mol. The molecule has 0 bridgehead atoms. The summed E-state index contributed by atoms with van der Waals surface area (Å²) in [7, 11) is 0. The Morgan fingerprint density at radius 1 is 1.43 bits per heavy atom. The molecule has 72 valence electrons. The number of esters is 1. The molecule has 1 aromatic rings. The molecule has 0 spiro atoms. The van der Waals surface area contributed by atoms with Crippen LogP contribution in [-0.4, -0.2) is 11.8 Å². The molecule has 0 aliphatic carbocycles. The molecule has 0 saturated carbocycles. The molecular formula is C11H10O3. The van der Waals surface area contributed by atoms with Crippen LogP contribution in [0.1, 0.15) is 12.5 Å². The van der Waals surface area contributed by atoms with Crippen molar-refractivity contribution < 1.29 is 14.3 Å². The van der Waals surface area contributed by atoms with Gasteiger partial charge in [0, 0.05) is 0 Å². The SMILES string of the molecule is CC(=O)C1Cc2ccccc2OC1=O. The van der Waals surface area contributed by atoms with Gasteiger partial charge in [0.15, 0.2) is 0 Å². The Kier molecular flexibility index (Phi) is 2.08. The second-order valence-corrected chi connectivity index (χ2v) is 3.40. The van der Waals surface area contributed by atoms with E-state index in [4.69, 9.17) is 4.74 Å². The zero-order chi connectivity index (χ0) is 10.1. The van der Waals surface area contributed by atoms with Crippen LogP contribution in [0.2, 0.25) is 0 Å². The molecule has 0 fully saturated rings. The zero-order valence-corrected chi connectivity index (χ0v) is 7.82. The molecule has 1 aliphatic rings. The first-order valence-electron chi connectivity index (χ1n) is 4.48. The number of carbonyl (C=O) groups excluding carboxylic acids is 2. The highest BCUT2D eigenvalue weighted by atomic mass is 16.5. The fourth-order valence-electron chi connectivity index (χ4n) is 1.56. The summed E-state index contributed by atoms with van der Waals surface area (Å²) in [4.78, 5) is 22.5. The van der Waals surface area contributed by atoms with Gasteiger partial charge in [0.05, 0.1) is 0 Å². The summed E-state index contributed by atoms with van der Waals surface area (Å²) < 4.78 is 5.05. The van der Waals surface area contributed by atoms with Crippen molar-refractivity contribution in [3.8, 4) is 5.75 Å². The van der Waals surface area contributed by atoms with Crippen LogP contribution in [-0.2, 0) is 16.0 Å². The molecule has 0 amide bonds. The highest BCUT2D eigenvalue weighted by Gasteiger charge is 2.31. The van der Waals surface area contributed by atoms with E-state index in [1.807, 2.05) is 12.1 Å². The van der Waals surface area contributed by atoms with Crippen LogP contribution < -0.4 is 4.74 Å². The molecule has 3 nitrogen and oxygen atoms in total. The van der Waals surface area contributed by atoms with Crippen LogP contribution in [0.4, 0.5) is 0 Å². The Hall–Kier alpha value is -1.64. The fourth-order valence-corrected chi connectivity index (χ4v) is 1.56. The van der Waals surface area contributed by atoms with Crippen molar-refractivity contribution in [2.45, 2.75) is 13.3 Å². The second kappa shape index (κ2) is 3.25. The number of ether oxygens (including phenoxy) is 1. The van der Waals surface area contributed by atoms with Crippen molar-refractivity contribution in [1.29, 1.82) is 0 Å². The lowest BCUT2D eigenvalue weighted by Crippen LogP contribution is -2.32. The van der Waals surface area contributed by atoms with Gasteiger partial charge in [-0.05, 0) is 25.0 Å². The minimum absolute atomic E-state index is 0.135. The van der Waals surface area contributed by atoms with E-state index in [2.05, 4.69) is 0 Å². The van der Waals surface area contributed by atoms with Gasteiger partial charge in [-0.1, -0.05) is 18.2 Å². The summed E-state index contributed by atoms with van der Waals surface area (Å²) >= 11 is 0. The predicted molar refractivity (Wildman–Crippen MR) is 50.0 cm³/mol. The van der Waals surface area contributed by atoms with Gasteiger partial charge in [-0.25, -0.2) is 0 Å². The lowest BCUT2D eigenvalue weighted by atomic mass is 9.93. The molecule has 0 aromatic heterocycles. The molecule has 0 N–H and O–H groups in total. The van der Waals surface area contributed by atoms with Gasteiger partial charge in [0.1, 0.15) is 17.5 Å². The van der Waals surface area contributed by atoms with Crippen LogP contribution in [0, 0.1) is 5.92 Å². The van der Waals surface area contributed by atoms with Gasteiger partial charge in [0.25, 0.3) is 0 Å². The third-order valence-electron chi connectivity index (χ3n) is 2.38. The molecule has 3 heteroatoms. The molecule has 1 heterocycles. The zero-order valence-electron chi connectivity index (χ0n) is 7.82. The number of fused-ring (bicyclic) bond motifs is 1. The number of ketones is 1. The average molecular weight is 190 g/mol. The van der Waals surface area contributed by atoms with Crippen LogP contribution in [0.5, 0.6) is 5.75 Å². The minimum Gasteiger partial charge on any atom is -0.426 e. The first-order valence-corrected chi connectivity index (χ1v) is 4.48. The van der Waals surface area contributed by atoms with Gasteiger partial charge in [-0.2, -0.15) is 0 Å². The van der Waals surface area contributed by atoms with Gasteiger partial charge in [-0.3, -0.25) is 9.59 Å². The van der Waals surface area contributed by atoms with Crippen molar-refractivity contribution in [1.82, 2.24) is 0 Å². The van der Waals surface area contributed by atoms with E-state index in [9.17, 15) is 9.59 Å². The maximum Gasteiger partial charge on any atom is 0.322 e. The van der Waals surface area contributed by atoms with Crippen LogP contribution in [0.25, 0.3) is 0 Å². The van der Waals surface area contributed by atoms with Crippen molar-refractivity contribution >= 4 is 11.8 Å². The summed E-state index contributed by atoms with van der Waals surface area (Å²) in [6.07, 6.45) is 0.463. The Morgan fingerprint density at radius 2 is 2.14 bits per heavy atom. The van der Waals surface area contributed by atoms with Gasteiger partial charge in [-0.15, -0.1) is 0 Å². The van der Waals surface area contributed by atoms with E-state index in [0.29, 0.717) is 12.2 Å².